The van der Waals surface area contributed by atoms with Crippen molar-refractivity contribution in [3.63, 3.8) is 0 Å². The molecule has 2 aromatic rings. The van der Waals surface area contributed by atoms with Crippen LogP contribution in [0.15, 0.2) is 24.4 Å². The third-order valence-electron chi connectivity index (χ3n) is 4.59. The molecule has 1 amide bonds. The van der Waals surface area contributed by atoms with Gasteiger partial charge in [-0.2, -0.15) is 5.06 Å². The lowest BCUT2D eigenvalue weighted by Gasteiger charge is -2.33. The Hall–Kier alpha value is -2.05. The Kier molecular flexibility index (Phi) is 7.56. The molecule has 29 heavy (non-hydrogen) atoms. The summed E-state index contributed by atoms with van der Waals surface area (Å²) in [4.78, 5) is 18.2. The fourth-order valence-corrected chi connectivity index (χ4v) is 4.30. The molecule has 0 unspecified atom stereocenters. The lowest BCUT2D eigenvalue weighted by molar-refractivity contribution is -0.0414. The number of nitrogens with one attached hydrogen (secondary N) is 1. The molecule has 1 aromatic heterocycles. The number of ether oxygens (including phenoxy) is 1. The van der Waals surface area contributed by atoms with E-state index in [4.69, 9.17) is 14.2 Å². The molecule has 158 valence electrons. The van der Waals surface area contributed by atoms with E-state index in [1.54, 1.807) is 12.6 Å². The number of carbonyl (C=O) groups is 1. The molecule has 3 rings (SSSR count). The molecular weight excluding hydrogens is 414 g/mol. The minimum Gasteiger partial charge on any atom is -0.496 e. The van der Waals surface area contributed by atoms with Crippen molar-refractivity contribution in [2.45, 2.75) is 13.3 Å². The normalized spacial score (nSPS) is 14.7. The van der Waals surface area contributed by atoms with Crippen LogP contribution in [0, 0.1) is 0 Å². The number of hydrogen-bond acceptors (Lipinski definition) is 10. The Morgan fingerprint density at radius 2 is 2.14 bits per heavy atom. The molecule has 11 heteroatoms. The van der Waals surface area contributed by atoms with E-state index in [9.17, 15) is 4.79 Å². The summed E-state index contributed by atoms with van der Waals surface area (Å²) in [5, 5.41) is 11.4. The number of anilines is 2. The molecule has 0 saturated carbocycles. The zero-order chi connectivity index (χ0) is 20.8. The van der Waals surface area contributed by atoms with Crippen molar-refractivity contribution in [2.24, 2.45) is 0 Å². The van der Waals surface area contributed by atoms with Crippen LogP contribution in [-0.2, 0) is 10.7 Å². The van der Waals surface area contributed by atoms with Gasteiger partial charge < -0.3 is 9.64 Å². The summed E-state index contributed by atoms with van der Waals surface area (Å²) in [6.07, 6.45) is 2.37. The van der Waals surface area contributed by atoms with E-state index < -0.39 is 5.91 Å². The van der Waals surface area contributed by atoms with Gasteiger partial charge in [-0.25, -0.2) is 14.7 Å². The highest BCUT2D eigenvalue weighted by Crippen LogP contribution is 2.29. The number of aromatic nitrogens is 1. The van der Waals surface area contributed by atoms with Crippen LogP contribution < -0.4 is 19.4 Å². The molecule has 0 spiro atoms. The van der Waals surface area contributed by atoms with Gasteiger partial charge in [-0.15, -0.1) is 0 Å². The van der Waals surface area contributed by atoms with Gasteiger partial charge in [-0.05, 0) is 30.2 Å². The maximum absolute atomic E-state index is 11.5. The summed E-state index contributed by atoms with van der Waals surface area (Å²) in [5.74, 6) is 0.355. The molecule has 1 aliphatic rings. The van der Waals surface area contributed by atoms with Gasteiger partial charge >= 0.3 is 0 Å². The van der Waals surface area contributed by atoms with Crippen molar-refractivity contribution in [2.75, 3.05) is 49.5 Å². The zero-order valence-electron chi connectivity index (χ0n) is 16.6. The van der Waals surface area contributed by atoms with Crippen molar-refractivity contribution in [3.8, 4) is 5.75 Å². The van der Waals surface area contributed by atoms with Gasteiger partial charge in [0.05, 0.1) is 13.3 Å². The molecule has 0 atom stereocenters. The van der Waals surface area contributed by atoms with Gasteiger partial charge in [0.15, 0.2) is 5.13 Å². The van der Waals surface area contributed by atoms with Gasteiger partial charge in [0, 0.05) is 38.9 Å². The number of rotatable bonds is 8. The minimum absolute atomic E-state index is 0.379. The Balaban J connectivity index is 1.48. The van der Waals surface area contributed by atoms with E-state index in [-0.39, 0.29) is 0 Å². The maximum atomic E-state index is 11.5. The molecule has 1 saturated heterocycles. The molecule has 2 N–H and O–H groups in total. The number of hydroxylamine groups is 3. The topological polar surface area (TPSA) is 90.4 Å². The van der Waals surface area contributed by atoms with E-state index >= 15 is 0 Å². The van der Waals surface area contributed by atoms with Crippen molar-refractivity contribution in [1.29, 1.82) is 0 Å². The number of thiazole rings is 1. The molecular formula is C18H25N5O4S2. The highest BCUT2D eigenvalue weighted by Gasteiger charge is 2.22. The van der Waals surface area contributed by atoms with Crippen LogP contribution in [0.1, 0.15) is 22.2 Å². The Morgan fingerprint density at radius 1 is 1.38 bits per heavy atom. The van der Waals surface area contributed by atoms with Crippen LogP contribution in [0.4, 0.5) is 10.8 Å². The zero-order valence-corrected chi connectivity index (χ0v) is 18.3. The Morgan fingerprint density at radius 3 is 2.79 bits per heavy atom. The molecule has 1 fully saturated rings. The van der Waals surface area contributed by atoms with E-state index in [1.165, 1.54) is 29.8 Å². The second-order valence-electron chi connectivity index (χ2n) is 6.36. The van der Waals surface area contributed by atoms with Crippen LogP contribution in [-0.4, -0.2) is 61.5 Å². The first-order valence-electron chi connectivity index (χ1n) is 9.21. The number of methoxy groups -OCH3 is 1. The molecule has 0 bridgehead atoms. The fourth-order valence-electron chi connectivity index (χ4n) is 2.90. The molecule has 0 aliphatic carbocycles. The van der Waals surface area contributed by atoms with Crippen LogP contribution >= 0.6 is 23.6 Å². The number of piperazine rings is 1. The number of hydrogen-bond donors (Lipinski definition) is 2. The SMILES string of the molecule is CCc1cc(N(C)SON2CCN(c3ncc(C(=O)NO)s3)CC2)ccc1OC. The number of carbonyl (C=O) groups excluding carboxylic acids is 1. The first kappa shape index (κ1) is 21.7. The van der Waals surface area contributed by atoms with Gasteiger partial charge in [-0.3, -0.25) is 14.3 Å². The van der Waals surface area contributed by atoms with Crippen molar-refractivity contribution >= 4 is 40.3 Å². The second-order valence-corrected chi connectivity index (χ2v) is 8.22. The number of aryl methyl sites for hydroxylation is 1. The lowest BCUT2D eigenvalue weighted by atomic mass is 10.1. The van der Waals surface area contributed by atoms with Gasteiger partial charge in [0.2, 0.25) is 0 Å². The molecule has 0 radical (unpaired) electrons. The largest absolute Gasteiger partial charge is 0.496 e. The molecule has 9 nitrogen and oxygen atoms in total. The third-order valence-corrected chi connectivity index (χ3v) is 6.36. The first-order chi connectivity index (χ1) is 14.0. The summed E-state index contributed by atoms with van der Waals surface area (Å²) >= 11 is 2.54. The summed E-state index contributed by atoms with van der Waals surface area (Å²) in [5.41, 5.74) is 3.83. The number of amides is 1. The smallest absolute Gasteiger partial charge is 0.286 e. The van der Waals surface area contributed by atoms with E-state index in [1.807, 2.05) is 28.5 Å². The lowest BCUT2D eigenvalue weighted by Crippen LogP contribution is -2.45. The van der Waals surface area contributed by atoms with E-state index in [0.717, 1.165) is 41.6 Å². The molecule has 1 aliphatic heterocycles. The molecule has 1 aromatic carbocycles. The van der Waals surface area contributed by atoms with Gasteiger partial charge in [0.1, 0.15) is 22.9 Å². The highest BCUT2D eigenvalue weighted by molar-refractivity contribution is 7.96. The summed E-state index contributed by atoms with van der Waals surface area (Å²) < 4.78 is 13.2. The monoisotopic (exact) mass is 439 g/mol. The van der Waals surface area contributed by atoms with E-state index in [2.05, 4.69) is 22.9 Å². The Bertz CT molecular complexity index is 826. The van der Waals surface area contributed by atoms with Crippen molar-refractivity contribution < 1.29 is 19.0 Å². The summed E-state index contributed by atoms with van der Waals surface area (Å²) in [6, 6.07) is 6.09. The third kappa shape index (κ3) is 5.31. The quantitative estimate of drug-likeness (QED) is 0.279. The van der Waals surface area contributed by atoms with Crippen LogP contribution in [0.2, 0.25) is 0 Å². The average Bonchev–Trinajstić information content (AvgIpc) is 3.27. The van der Waals surface area contributed by atoms with Crippen molar-refractivity contribution in [1.82, 2.24) is 15.5 Å². The predicted molar refractivity (Wildman–Crippen MR) is 115 cm³/mol. The predicted octanol–water partition coefficient (Wildman–Crippen LogP) is 2.59. The second kappa shape index (κ2) is 10.1. The summed E-state index contributed by atoms with van der Waals surface area (Å²) in [7, 11) is 3.65. The number of benzene rings is 1. The maximum Gasteiger partial charge on any atom is 0.286 e. The van der Waals surface area contributed by atoms with Crippen LogP contribution in [0.3, 0.4) is 0 Å². The minimum atomic E-state index is -0.542. The summed E-state index contributed by atoms with van der Waals surface area (Å²) in [6.45, 7) is 5.00. The average molecular weight is 440 g/mol. The fraction of sp³-hybridized carbons (Fsp3) is 0.444. The van der Waals surface area contributed by atoms with Gasteiger partial charge in [0.25, 0.3) is 5.91 Å². The van der Waals surface area contributed by atoms with E-state index in [0.29, 0.717) is 18.0 Å². The van der Waals surface area contributed by atoms with Gasteiger partial charge in [-0.1, -0.05) is 18.3 Å². The van der Waals surface area contributed by atoms with Crippen molar-refractivity contribution in [3.05, 3.63) is 34.8 Å². The van der Waals surface area contributed by atoms with Crippen LogP contribution in [0.5, 0.6) is 5.75 Å². The highest BCUT2D eigenvalue weighted by atomic mass is 32.2. The number of nitrogens with zero attached hydrogens (tertiary/aromatic N) is 4. The first-order valence-corrected chi connectivity index (χ1v) is 10.7. The Labute approximate surface area is 178 Å². The standard InChI is InChI=1S/C18H25N5O4S2/c1-4-13-11-14(5-6-15(13)26-3)21(2)29-27-23-9-7-22(8-10-23)18-19-12-16(28-18)17(24)20-25/h5-6,11-12,25H,4,7-10H2,1-3H3,(H,20,24). The molecule has 2 heterocycles. The van der Waals surface area contributed by atoms with Crippen LogP contribution in [0.25, 0.3) is 0 Å².